The molecule has 0 spiro atoms. The molecule has 3 nitrogen and oxygen atoms in total. The average molecular weight is 289 g/mol. The summed E-state index contributed by atoms with van der Waals surface area (Å²) in [4.78, 5) is 12.2. The van der Waals surface area contributed by atoms with Crippen molar-refractivity contribution in [1.29, 1.82) is 0 Å². The van der Waals surface area contributed by atoms with Crippen molar-refractivity contribution in [2.24, 2.45) is 0 Å². The highest BCUT2D eigenvalue weighted by Crippen LogP contribution is 2.18. The van der Waals surface area contributed by atoms with Crippen molar-refractivity contribution >= 4 is 23.2 Å². The Kier molecular flexibility index (Phi) is 4.30. The zero-order valence-corrected chi connectivity index (χ0v) is 12.2. The van der Waals surface area contributed by atoms with E-state index in [4.69, 9.17) is 17.3 Å². The summed E-state index contributed by atoms with van der Waals surface area (Å²) in [6.45, 7) is 3.84. The van der Waals surface area contributed by atoms with E-state index in [1.165, 1.54) is 0 Å². The molecule has 104 valence electrons. The third-order valence-electron chi connectivity index (χ3n) is 3.26. The van der Waals surface area contributed by atoms with E-state index in [1.54, 1.807) is 12.1 Å². The van der Waals surface area contributed by atoms with E-state index in [-0.39, 0.29) is 11.9 Å². The Morgan fingerprint density at radius 1 is 1.20 bits per heavy atom. The van der Waals surface area contributed by atoms with Gasteiger partial charge in [0.15, 0.2) is 0 Å². The van der Waals surface area contributed by atoms with Crippen molar-refractivity contribution in [1.82, 2.24) is 5.32 Å². The maximum absolute atomic E-state index is 12.2. The van der Waals surface area contributed by atoms with Gasteiger partial charge in [-0.05, 0) is 49.2 Å². The van der Waals surface area contributed by atoms with Crippen molar-refractivity contribution in [3.05, 3.63) is 64.2 Å². The summed E-state index contributed by atoms with van der Waals surface area (Å²) in [5.74, 6) is -0.140. The largest absolute Gasteiger partial charge is 0.398 e. The Balaban J connectivity index is 2.10. The number of anilines is 1. The molecule has 4 heteroatoms. The van der Waals surface area contributed by atoms with E-state index in [9.17, 15) is 4.79 Å². The van der Waals surface area contributed by atoms with Gasteiger partial charge in [-0.25, -0.2) is 0 Å². The molecule has 1 amide bonds. The number of halogens is 1. The first kappa shape index (κ1) is 14.4. The van der Waals surface area contributed by atoms with Crippen molar-refractivity contribution in [2.45, 2.75) is 19.9 Å². The Bertz CT molecular complexity index is 623. The van der Waals surface area contributed by atoms with Crippen LogP contribution in [-0.2, 0) is 0 Å². The van der Waals surface area contributed by atoms with Crippen LogP contribution < -0.4 is 11.1 Å². The Morgan fingerprint density at radius 2 is 1.85 bits per heavy atom. The van der Waals surface area contributed by atoms with E-state index in [2.05, 4.69) is 5.32 Å². The summed E-state index contributed by atoms with van der Waals surface area (Å²) in [6.07, 6.45) is 0. The molecule has 0 heterocycles. The molecule has 0 aliphatic heterocycles. The number of nitrogens with two attached hydrogens (primary N) is 1. The number of carbonyl (C=O) groups excluding carboxylic acids is 1. The van der Waals surface area contributed by atoms with Gasteiger partial charge in [0.25, 0.3) is 5.91 Å². The van der Waals surface area contributed by atoms with Gasteiger partial charge in [0.1, 0.15) is 0 Å². The molecular formula is C16H17ClN2O. The van der Waals surface area contributed by atoms with Crippen molar-refractivity contribution in [2.75, 3.05) is 5.73 Å². The molecule has 1 atom stereocenters. The molecule has 3 N–H and O–H groups in total. The number of rotatable bonds is 3. The SMILES string of the molecule is Cc1ccc(C(=O)N[C@@H](C)c2ccc(Cl)cc2)cc1N. The van der Waals surface area contributed by atoms with Crippen LogP contribution in [0.25, 0.3) is 0 Å². The lowest BCUT2D eigenvalue weighted by atomic mass is 10.1. The predicted molar refractivity (Wildman–Crippen MR) is 82.9 cm³/mol. The monoisotopic (exact) mass is 288 g/mol. The zero-order valence-electron chi connectivity index (χ0n) is 11.5. The van der Waals surface area contributed by atoms with Crippen LogP contribution in [0.4, 0.5) is 5.69 Å². The summed E-state index contributed by atoms with van der Waals surface area (Å²) >= 11 is 5.85. The summed E-state index contributed by atoms with van der Waals surface area (Å²) in [7, 11) is 0. The summed E-state index contributed by atoms with van der Waals surface area (Å²) < 4.78 is 0. The van der Waals surface area contributed by atoms with Crippen LogP contribution in [0.3, 0.4) is 0 Å². The lowest BCUT2D eigenvalue weighted by Gasteiger charge is -2.15. The first-order valence-corrected chi connectivity index (χ1v) is 6.77. The first-order chi connectivity index (χ1) is 9.47. The maximum Gasteiger partial charge on any atom is 0.251 e. The second-order valence-corrected chi connectivity index (χ2v) is 5.25. The van der Waals surface area contributed by atoms with Gasteiger partial charge in [-0.2, -0.15) is 0 Å². The number of amides is 1. The molecule has 0 saturated carbocycles. The molecule has 0 aromatic heterocycles. The molecule has 0 radical (unpaired) electrons. The van der Waals surface area contributed by atoms with E-state index in [1.807, 2.05) is 44.2 Å². The fraction of sp³-hybridized carbons (Fsp3) is 0.188. The minimum Gasteiger partial charge on any atom is -0.398 e. The summed E-state index contributed by atoms with van der Waals surface area (Å²) in [6, 6.07) is 12.6. The highest BCUT2D eigenvalue weighted by Gasteiger charge is 2.12. The van der Waals surface area contributed by atoms with Crippen LogP contribution in [0, 0.1) is 6.92 Å². The lowest BCUT2D eigenvalue weighted by molar-refractivity contribution is 0.0940. The number of carbonyl (C=O) groups is 1. The number of nitrogen functional groups attached to an aromatic ring is 1. The minimum atomic E-state index is -0.140. The van der Waals surface area contributed by atoms with Crippen LogP contribution in [0.1, 0.15) is 34.5 Å². The molecule has 2 aromatic rings. The van der Waals surface area contributed by atoms with Gasteiger partial charge >= 0.3 is 0 Å². The van der Waals surface area contributed by atoms with Crippen LogP contribution in [0.2, 0.25) is 5.02 Å². The van der Waals surface area contributed by atoms with E-state index < -0.39 is 0 Å². The highest BCUT2D eigenvalue weighted by atomic mass is 35.5. The second-order valence-electron chi connectivity index (χ2n) is 4.82. The standard InChI is InChI=1S/C16H17ClN2O/c1-10-3-4-13(9-15(10)18)16(20)19-11(2)12-5-7-14(17)8-6-12/h3-9,11H,18H2,1-2H3,(H,19,20)/t11-/m0/s1. The molecular weight excluding hydrogens is 272 g/mol. The predicted octanol–water partition coefficient (Wildman–Crippen LogP) is 3.72. The van der Waals surface area contributed by atoms with Crippen LogP contribution in [0.5, 0.6) is 0 Å². The molecule has 0 unspecified atom stereocenters. The molecule has 0 saturated heterocycles. The Morgan fingerprint density at radius 3 is 2.45 bits per heavy atom. The smallest absolute Gasteiger partial charge is 0.251 e. The molecule has 20 heavy (non-hydrogen) atoms. The molecule has 0 aliphatic rings. The van der Waals surface area contributed by atoms with Gasteiger partial charge in [-0.15, -0.1) is 0 Å². The third-order valence-corrected chi connectivity index (χ3v) is 3.51. The Labute approximate surface area is 123 Å². The van der Waals surface area contributed by atoms with Crippen LogP contribution in [0.15, 0.2) is 42.5 Å². The van der Waals surface area contributed by atoms with Gasteiger partial charge < -0.3 is 11.1 Å². The van der Waals surface area contributed by atoms with Crippen LogP contribution in [-0.4, -0.2) is 5.91 Å². The van der Waals surface area contributed by atoms with Crippen molar-refractivity contribution in [3.63, 3.8) is 0 Å². The number of hydrogen-bond donors (Lipinski definition) is 2. The number of hydrogen-bond acceptors (Lipinski definition) is 2. The van der Waals surface area contributed by atoms with Crippen molar-refractivity contribution < 1.29 is 4.79 Å². The molecule has 0 aliphatic carbocycles. The van der Waals surface area contributed by atoms with Gasteiger partial charge in [-0.3, -0.25) is 4.79 Å². The van der Waals surface area contributed by atoms with Gasteiger partial charge in [0.05, 0.1) is 6.04 Å². The van der Waals surface area contributed by atoms with Crippen LogP contribution >= 0.6 is 11.6 Å². The van der Waals surface area contributed by atoms with Gasteiger partial charge in [0.2, 0.25) is 0 Å². The number of benzene rings is 2. The lowest BCUT2D eigenvalue weighted by Crippen LogP contribution is -2.26. The van der Waals surface area contributed by atoms with E-state index in [0.717, 1.165) is 11.1 Å². The molecule has 2 aromatic carbocycles. The fourth-order valence-electron chi connectivity index (χ4n) is 1.90. The third kappa shape index (κ3) is 3.31. The number of aryl methyl sites for hydroxylation is 1. The van der Waals surface area contributed by atoms with Crippen molar-refractivity contribution in [3.8, 4) is 0 Å². The summed E-state index contributed by atoms with van der Waals surface area (Å²) in [5.41, 5.74) is 8.98. The maximum atomic E-state index is 12.2. The van der Waals surface area contributed by atoms with E-state index >= 15 is 0 Å². The average Bonchev–Trinajstić information content (AvgIpc) is 2.42. The second kappa shape index (κ2) is 5.97. The van der Waals surface area contributed by atoms with E-state index in [0.29, 0.717) is 16.3 Å². The molecule has 0 bridgehead atoms. The molecule has 2 rings (SSSR count). The number of nitrogens with one attached hydrogen (secondary N) is 1. The van der Waals surface area contributed by atoms with Gasteiger partial charge in [-0.1, -0.05) is 29.8 Å². The Hall–Kier alpha value is -2.00. The topological polar surface area (TPSA) is 55.1 Å². The van der Waals surface area contributed by atoms with Gasteiger partial charge in [0, 0.05) is 16.3 Å². The normalized spacial score (nSPS) is 11.9. The highest BCUT2D eigenvalue weighted by molar-refractivity contribution is 6.30. The zero-order chi connectivity index (χ0) is 14.7. The fourth-order valence-corrected chi connectivity index (χ4v) is 2.02. The summed E-state index contributed by atoms with van der Waals surface area (Å²) in [5, 5.41) is 3.62. The minimum absolute atomic E-state index is 0.0951. The first-order valence-electron chi connectivity index (χ1n) is 6.40. The molecule has 0 fully saturated rings. The quantitative estimate of drug-likeness (QED) is 0.846.